The zero-order valence-electron chi connectivity index (χ0n) is 30.7. The third kappa shape index (κ3) is 6.04. The lowest BCUT2D eigenvalue weighted by Gasteiger charge is -2.28. The highest BCUT2D eigenvalue weighted by molar-refractivity contribution is 6.07. The molecule has 264 valence electrons. The van der Waals surface area contributed by atoms with Gasteiger partial charge in [-0.2, -0.15) is 0 Å². The highest BCUT2D eigenvalue weighted by atomic mass is 16.3. The van der Waals surface area contributed by atoms with Gasteiger partial charge in [0.05, 0.1) is 5.69 Å². The first kappa shape index (κ1) is 33.2. The van der Waals surface area contributed by atoms with Crippen LogP contribution in [0.2, 0.25) is 0 Å². The monoisotopic (exact) mass is 715 g/mol. The van der Waals surface area contributed by atoms with E-state index in [0.29, 0.717) is 0 Å². The average Bonchev–Trinajstić information content (AvgIpc) is 3.65. The summed E-state index contributed by atoms with van der Waals surface area (Å²) < 4.78 is 6.29. The molecule has 0 N–H and O–H groups in total. The van der Waals surface area contributed by atoms with E-state index in [0.717, 1.165) is 55.7 Å². The quantitative estimate of drug-likeness (QED) is 0.156. The Kier molecular flexibility index (Phi) is 8.55. The molecule has 0 aliphatic rings. The minimum Gasteiger partial charge on any atom is -0.456 e. The van der Waals surface area contributed by atoms with Crippen LogP contribution in [0.15, 0.2) is 229 Å². The van der Waals surface area contributed by atoms with E-state index in [9.17, 15) is 0 Å². The largest absolute Gasteiger partial charge is 0.456 e. The summed E-state index contributed by atoms with van der Waals surface area (Å²) >= 11 is 0. The molecule has 2 heteroatoms. The van der Waals surface area contributed by atoms with Crippen LogP contribution in [-0.2, 0) is 0 Å². The van der Waals surface area contributed by atoms with Crippen molar-refractivity contribution in [1.82, 2.24) is 0 Å². The molecule has 0 saturated carbocycles. The van der Waals surface area contributed by atoms with Crippen LogP contribution >= 0.6 is 0 Å². The number of furan rings is 1. The summed E-state index contributed by atoms with van der Waals surface area (Å²) in [7, 11) is 0. The summed E-state index contributed by atoms with van der Waals surface area (Å²) in [5.41, 5.74) is 16.8. The van der Waals surface area contributed by atoms with Crippen LogP contribution in [0.25, 0.3) is 77.6 Å². The van der Waals surface area contributed by atoms with E-state index in [2.05, 4.69) is 217 Å². The summed E-state index contributed by atoms with van der Waals surface area (Å²) in [6.45, 7) is 0. The third-order valence-electron chi connectivity index (χ3n) is 10.7. The first-order chi connectivity index (χ1) is 27.8. The topological polar surface area (TPSA) is 16.4 Å². The normalized spacial score (nSPS) is 11.2. The zero-order chi connectivity index (χ0) is 37.3. The highest BCUT2D eigenvalue weighted by Crippen LogP contribution is 2.47. The summed E-state index contributed by atoms with van der Waals surface area (Å²) in [6, 6.07) is 80.2. The maximum Gasteiger partial charge on any atom is 0.135 e. The Hall–Kier alpha value is -7.42. The summed E-state index contributed by atoms with van der Waals surface area (Å²) in [4.78, 5) is 2.39. The molecule has 0 aliphatic carbocycles. The van der Waals surface area contributed by atoms with Crippen molar-refractivity contribution < 1.29 is 4.42 Å². The molecule has 1 heterocycles. The predicted octanol–water partition coefficient (Wildman–Crippen LogP) is 15.4. The molecule has 0 amide bonds. The molecule has 0 saturated heterocycles. The molecule has 2 nitrogen and oxygen atoms in total. The van der Waals surface area contributed by atoms with Gasteiger partial charge in [0, 0.05) is 27.7 Å². The van der Waals surface area contributed by atoms with Gasteiger partial charge >= 0.3 is 0 Å². The Morgan fingerprint density at radius 1 is 0.286 bits per heavy atom. The van der Waals surface area contributed by atoms with E-state index in [1.165, 1.54) is 38.9 Å². The van der Waals surface area contributed by atoms with Gasteiger partial charge in [0.2, 0.25) is 0 Å². The SMILES string of the molecule is c1ccc(-c2ccccc2-c2c(-c3ccccc3)cccc2-c2cccc(N(c3ccc4oc5ccccc5c4c3)c3ccccc3-c3ccccc3)c2)cc1. The highest BCUT2D eigenvalue weighted by Gasteiger charge is 2.22. The van der Waals surface area contributed by atoms with Crippen molar-refractivity contribution in [1.29, 1.82) is 0 Å². The molecule has 0 atom stereocenters. The van der Waals surface area contributed by atoms with Crippen molar-refractivity contribution in [2.24, 2.45) is 0 Å². The number of hydrogen-bond donors (Lipinski definition) is 0. The molecule has 0 unspecified atom stereocenters. The van der Waals surface area contributed by atoms with E-state index in [4.69, 9.17) is 4.42 Å². The molecule has 0 fully saturated rings. The lowest BCUT2D eigenvalue weighted by molar-refractivity contribution is 0.669. The molecule has 0 spiro atoms. The van der Waals surface area contributed by atoms with Gasteiger partial charge in [0.25, 0.3) is 0 Å². The predicted molar refractivity (Wildman–Crippen MR) is 236 cm³/mol. The number of fused-ring (bicyclic) bond motifs is 3. The van der Waals surface area contributed by atoms with Crippen molar-refractivity contribution >= 4 is 39.0 Å². The Bertz CT molecular complexity index is 2960. The van der Waals surface area contributed by atoms with Crippen molar-refractivity contribution in [3.05, 3.63) is 224 Å². The van der Waals surface area contributed by atoms with Crippen molar-refractivity contribution in [2.75, 3.05) is 4.90 Å². The van der Waals surface area contributed by atoms with Crippen molar-refractivity contribution in [2.45, 2.75) is 0 Å². The molecule has 10 rings (SSSR count). The van der Waals surface area contributed by atoms with Crippen LogP contribution in [0.4, 0.5) is 17.1 Å². The first-order valence-electron chi connectivity index (χ1n) is 19.1. The van der Waals surface area contributed by atoms with Gasteiger partial charge < -0.3 is 9.32 Å². The number of para-hydroxylation sites is 2. The van der Waals surface area contributed by atoms with Crippen LogP contribution in [0.3, 0.4) is 0 Å². The van der Waals surface area contributed by atoms with Crippen LogP contribution in [0.5, 0.6) is 0 Å². The number of benzene rings is 9. The first-order valence-corrected chi connectivity index (χ1v) is 19.1. The van der Waals surface area contributed by atoms with Gasteiger partial charge in [0.15, 0.2) is 0 Å². The zero-order valence-corrected chi connectivity index (χ0v) is 30.7. The Balaban J connectivity index is 1.21. The molecule has 0 aliphatic heterocycles. The summed E-state index contributed by atoms with van der Waals surface area (Å²) in [5.74, 6) is 0. The number of anilines is 3. The second kappa shape index (κ2) is 14.4. The van der Waals surface area contributed by atoms with Gasteiger partial charge in [-0.15, -0.1) is 0 Å². The lowest BCUT2D eigenvalue weighted by Crippen LogP contribution is -2.11. The molecular weight excluding hydrogens is 679 g/mol. The van der Waals surface area contributed by atoms with Gasteiger partial charge in [-0.25, -0.2) is 0 Å². The molecule has 9 aromatic carbocycles. The Labute approximate surface area is 327 Å². The van der Waals surface area contributed by atoms with E-state index in [1.54, 1.807) is 0 Å². The second-order valence-electron chi connectivity index (χ2n) is 14.1. The number of hydrogen-bond acceptors (Lipinski definition) is 2. The van der Waals surface area contributed by atoms with Crippen molar-refractivity contribution in [3.63, 3.8) is 0 Å². The van der Waals surface area contributed by atoms with Gasteiger partial charge in [0.1, 0.15) is 11.2 Å². The Morgan fingerprint density at radius 2 is 0.768 bits per heavy atom. The van der Waals surface area contributed by atoms with E-state index in [-0.39, 0.29) is 0 Å². The molecule has 1 aromatic heterocycles. The maximum atomic E-state index is 6.29. The minimum absolute atomic E-state index is 0.874. The fourth-order valence-corrected chi connectivity index (χ4v) is 8.14. The van der Waals surface area contributed by atoms with Crippen LogP contribution in [0, 0.1) is 0 Å². The van der Waals surface area contributed by atoms with Gasteiger partial charge in [-0.05, 0) is 92.5 Å². The molecular formula is C54H37NO. The minimum atomic E-state index is 0.874. The van der Waals surface area contributed by atoms with Crippen LogP contribution < -0.4 is 4.90 Å². The lowest BCUT2D eigenvalue weighted by atomic mass is 9.84. The van der Waals surface area contributed by atoms with E-state index in [1.807, 2.05) is 12.1 Å². The maximum absolute atomic E-state index is 6.29. The fraction of sp³-hybridized carbons (Fsp3) is 0. The summed E-state index contributed by atoms with van der Waals surface area (Å²) in [5, 5.41) is 2.20. The molecule has 0 radical (unpaired) electrons. The van der Waals surface area contributed by atoms with Crippen molar-refractivity contribution in [3.8, 4) is 55.6 Å². The average molecular weight is 716 g/mol. The van der Waals surface area contributed by atoms with E-state index < -0.39 is 0 Å². The van der Waals surface area contributed by atoms with Gasteiger partial charge in [-0.1, -0.05) is 182 Å². The molecule has 10 aromatic rings. The molecule has 0 bridgehead atoms. The number of rotatable bonds is 8. The fourth-order valence-electron chi connectivity index (χ4n) is 8.14. The van der Waals surface area contributed by atoms with Gasteiger partial charge in [-0.3, -0.25) is 0 Å². The van der Waals surface area contributed by atoms with Crippen LogP contribution in [-0.4, -0.2) is 0 Å². The second-order valence-corrected chi connectivity index (χ2v) is 14.1. The smallest absolute Gasteiger partial charge is 0.135 e. The molecule has 56 heavy (non-hydrogen) atoms. The Morgan fingerprint density at radius 3 is 1.50 bits per heavy atom. The third-order valence-corrected chi connectivity index (χ3v) is 10.7. The summed E-state index contributed by atoms with van der Waals surface area (Å²) in [6.07, 6.45) is 0. The van der Waals surface area contributed by atoms with E-state index >= 15 is 0 Å². The standard InChI is InChI=1S/C54H37NO/c1-4-18-38(19-5-1)44-26-10-11-29-49(44)54-46(40-22-8-3-9-23-40)30-17-31-47(54)41-24-16-25-42(36-41)55(51-32-14-12-27-45(51)39-20-6-2-7-21-39)43-34-35-53-50(37-43)48-28-13-15-33-52(48)56-53/h1-37H. The van der Waals surface area contributed by atoms with Crippen LogP contribution in [0.1, 0.15) is 0 Å². The number of nitrogens with zero attached hydrogens (tertiary/aromatic N) is 1.